The van der Waals surface area contributed by atoms with Crippen LogP contribution in [0.5, 0.6) is 11.5 Å². The molecule has 0 radical (unpaired) electrons. The Bertz CT molecular complexity index is 756. The van der Waals surface area contributed by atoms with E-state index in [1.807, 2.05) is 54.6 Å². The minimum absolute atomic E-state index is 0.251. The first-order valence-corrected chi connectivity index (χ1v) is 7.72. The summed E-state index contributed by atoms with van der Waals surface area (Å²) in [6.45, 7) is 0.303. The van der Waals surface area contributed by atoms with E-state index in [1.165, 1.54) is 0 Å². The lowest BCUT2D eigenvalue weighted by Crippen LogP contribution is -2.15. The van der Waals surface area contributed by atoms with Crippen LogP contribution in [0.2, 0.25) is 0 Å². The van der Waals surface area contributed by atoms with Crippen molar-refractivity contribution in [1.82, 2.24) is 15.2 Å². The Morgan fingerprint density at radius 1 is 1.04 bits per heavy atom. The average molecular weight is 324 g/mol. The first kappa shape index (κ1) is 16.0. The summed E-state index contributed by atoms with van der Waals surface area (Å²) in [5.41, 5.74) is 7.34. The highest BCUT2D eigenvalue weighted by Crippen LogP contribution is 2.18. The number of aromatic nitrogens is 3. The van der Waals surface area contributed by atoms with Crippen molar-refractivity contribution in [3.05, 3.63) is 71.8 Å². The van der Waals surface area contributed by atoms with Crippen LogP contribution in [0.15, 0.2) is 54.6 Å². The van der Waals surface area contributed by atoms with Gasteiger partial charge >= 0.3 is 0 Å². The molecule has 1 aromatic heterocycles. The van der Waals surface area contributed by atoms with Crippen LogP contribution in [0, 0.1) is 0 Å². The Balaban J connectivity index is 1.56. The van der Waals surface area contributed by atoms with Crippen molar-refractivity contribution in [1.29, 1.82) is 0 Å². The van der Waals surface area contributed by atoms with Crippen molar-refractivity contribution >= 4 is 0 Å². The highest BCUT2D eigenvalue weighted by Gasteiger charge is 2.13. The quantitative estimate of drug-likeness (QED) is 0.698. The van der Waals surface area contributed by atoms with Gasteiger partial charge in [-0.3, -0.25) is 5.10 Å². The normalized spacial score (nSPS) is 11.9. The molecule has 1 atom stereocenters. The molecule has 3 rings (SSSR count). The summed E-state index contributed by atoms with van der Waals surface area (Å²) in [5.74, 6) is 2.76. The maximum absolute atomic E-state index is 6.18. The van der Waals surface area contributed by atoms with Gasteiger partial charge in [0.15, 0.2) is 11.6 Å². The molecule has 0 unspecified atom stereocenters. The SMILES string of the molecule is COc1ccc(OCc2nc([C@@H](N)Cc3ccccc3)n[nH]2)cc1. The zero-order chi connectivity index (χ0) is 16.8. The van der Waals surface area contributed by atoms with Gasteiger partial charge in [-0.15, -0.1) is 0 Å². The summed E-state index contributed by atoms with van der Waals surface area (Å²) in [7, 11) is 1.63. The lowest BCUT2D eigenvalue weighted by atomic mass is 10.1. The molecule has 0 aliphatic heterocycles. The molecule has 1 heterocycles. The van der Waals surface area contributed by atoms with Gasteiger partial charge in [0.2, 0.25) is 0 Å². The molecule has 0 fully saturated rings. The molecule has 124 valence electrons. The molecule has 0 saturated carbocycles. The van der Waals surface area contributed by atoms with Crippen molar-refractivity contribution in [2.75, 3.05) is 7.11 Å². The summed E-state index contributed by atoms with van der Waals surface area (Å²) in [6.07, 6.45) is 0.692. The third kappa shape index (κ3) is 4.11. The first-order valence-electron chi connectivity index (χ1n) is 7.72. The standard InChI is InChI=1S/C18H20N4O2/c1-23-14-7-9-15(10-8-14)24-12-17-20-18(22-21-17)16(19)11-13-5-3-2-4-6-13/h2-10,16H,11-12,19H2,1H3,(H,20,21,22)/t16-/m0/s1. The fraction of sp³-hybridized carbons (Fsp3) is 0.222. The summed E-state index contributed by atoms with van der Waals surface area (Å²) in [4.78, 5) is 4.41. The van der Waals surface area contributed by atoms with E-state index >= 15 is 0 Å². The van der Waals surface area contributed by atoms with E-state index in [4.69, 9.17) is 15.2 Å². The molecule has 0 aliphatic rings. The summed E-state index contributed by atoms with van der Waals surface area (Å²) >= 11 is 0. The molecule has 0 bridgehead atoms. The maximum atomic E-state index is 6.18. The third-order valence-electron chi connectivity index (χ3n) is 3.61. The van der Waals surface area contributed by atoms with Gasteiger partial charge in [0.05, 0.1) is 13.2 Å². The van der Waals surface area contributed by atoms with E-state index in [0.717, 1.165) is 17.1 Å². The Morgan fingerprint density at radius 3 is 2.46 bits per heavy atom. The number of hydrogen-bond donors (Lipinski definition) is 2. The fourth-order valence-corrected chi connectivity index (χ4v) is 2.32. The van der Waals surface area contributed by atoms with E-state index < -0.39 is 0 Å². The van der Waals surface area contributed by atoms with Crippen molar-refractivity contribution in [2.24, 2.45) is 5.73 Å². The molecule has 0 amide bonds. The highest BCUT2D eigenvalue weighted by molar-refractivity contribution is 5.31. The second kappa shape index (κ2) is 7.61. The summed E-state index contributed by atoms with van der Waals surface area (Å²) < 4.78 is 10.8. The van der Waals surface area contributed by atoms with Crippen LogP contribution < -0.4 is 15.2 Å². The second-order valence-electron chi connectivity index (χ2n) is 5.40. The van der Waals surface area contributed by atoms with Crippen molar-refractivity contribution in [2.45, 2.75) is 19.1 Å². The topological polar surface area (TPSA) is 86.1 Å². The molecule has 6 nitrogen and oxygen atoms in total. The second-order valence-corrected chi connectivity index (χ2v) is 5.40. The maximum Gasteiger partial charge on any atom is 0.167 e. The number of methoxy groups -OCH3 is 1. The number of rotatable bonds is 7. The Hall–Kier alpha value is -2.86. The lowest BCUT2D eigenvalue weighted by molar-refractivity contribution is 0.295. The predicted molar refractivity (Wildman–Crippen MR) is 90.8 cm³/mol. The monoisotopic (exact) mass is 324 g/mol. The fourth-order valence-electron chi connectivity index (χ4n) is 2.32. The van der Waals surface area contributed by atoms with Crippen LogP contribution in [0.1, 0.15) is 23.3 Å². The number of aromatic amines is 1. The number of nitrogens with zero attached hydrogens (tertiary/aromatic N) is 2. The van der Waals surface area contributed by atoms with Gasteiger partial charge < -0.3 is 15.2 Å². The Morgan fingerprint density at radius 2 is 1.75 bits per heavy atom. The number of ether oxygens (including phenoxy) is 2. The van der Waals surface area contributed by atoms with Crippen LogP contribution in [0.3, 0.4) is 0 Å². The van der Waals surface area contributed by atoms with Crippen LogP contribution in [-0.4, -0.2) is 22.3 Å². The van der Waals surface area contributed by atoms with Crippen LogP contribution in [0.25, 0.3) is 0 Å². The zero-order valence-electron chi connectivity index (χ0n) is 13.5. The van der Waals surface area contributed by atoms with Crippen LogP contribution in [0.4, 0.5) is 0 Å². The molecular formula is C18H20N4O2. The Labute approximate surface area is 140 Å². The van der Waals surface area contributed by atoms with E-state index in [2.05, 4.69) is 15.2 Å². The van der Waals surface area contributed by atoms with Gasteiger partial charge in [-0.1, -0.05) is 30.3 Å². The van der Waals surface area contributed by atoms with Gasteiger partial charge in [-0.05, 0) is 36.2 Å². The molecule has 3 N–H and O–H groups in total. The van der Waals surface area contributed by atoms with Crippen molar-refractivity contribution < 1.29 is 9.47 Å². The molecule has 0 aliphatic carbocycles. The van der Waals surface area contributed by atoms with E-state index in [0.29, 0.717) is 24.7 Å². The third-order valence-corrected chi connectivity index (χ3v) is 3.61. The first-order chi connectivity index (χ1) is 11.7. The predicted octanol–water partition coefficient (Wildman–Crippen LogP) is 2.63. The van der Waals surface area contributed by atoms with Crippen LogP contribution >= 0.6 is 0 Å². The van der Waals surface area contributed by atoms with Gasteiger partial charge in [-0.2, -0.15) is 5.10 Å². The van der Waals surface area contributed by atoms with Gasteiger partial charge in [-0.25, -0.2) is 4.98 Å². The highest BCUT2D eigenvalue weighted by atomic mass is 16.5. The van der Waals surface area contributed by atoms with Crippen LogP contribution in [-0.2, 0) is 13.0 Å². The summed E-state index contributed by atoms with van der Waals surface area (Å²) in [5, 5.41) is 7.07. The number of benzene rings is 2. The number of hydrogen-bond acceptors (Lipinski definition) is 5. The van der Waals surface area contributed by atoms with Gasteiger partial charge in [0, 0.05) is 0 Å². The molecule has 24 heavy (non-hydrogen) atoms. The van der Waals surface area contributed by atoms with Crippen molar-refractivity contribution in [3.8, 4) is 11.5 Å². The lowest BCUT2D eigenvalue weighted by Gasteiger charge is -2.07. The molecule has 6 heteroatoms. The molecule has 2 aromatic carbocycles. The smallest absolute Gasteiger partial charge is 0.167 e. The minimum Gasteiger partial charge on any atom is -0.497 e. The van der Waals surface area contributed by atoms with E-state index in [1.54, 1.807) is 7.11 Å². The zero-order valence-corrected chi connectivity index (χ0v) is 13.5. The number of nitrogens with one attached hydrogen (secondary N) is 1. The molecular weight excluding hydrogens is 304 g/mol. The molecule has 0 saturated heterocycles. The molecule has 3 aromatic rings. The van der Waals surface area contributed by atoms with Crippen molar-refractivity contribution in [3.63, 3.8) is 0 Å². The van der Waals surface area contributed by atoms with Gasteiger partial charge in [0.25, 0.3) is 0 Å². The number of nitrogens with two attached hydrogens (primary N) is 1. The van der Waals surface area contributed by atoms with Gasteiger partial charge in [0.1, 0.15) is 18.1 Å². The van der Waals surface area contributed by atoms with E-state index in [9.17, 15) is 0 Å². The average Bonchev–Trinajstić information content (AvgIpc) is 3.10. The largest absolute Gasteiger partial charge is 0.497 e. The van der Waals surface area contributed by atoms with E-state index in [-0.39, 0.29) is 6.04 Å². The molecule has 0 spiro atoms. The Kier molecular flexibility index (Phi) is 5.08. The number of H-pyrrole nitrogens is 1. The minimum atomic E-state index is -0.251. The summed E-state index contributed by atoms with van der Waals surface area (Å²) in [6, 6.07) is 17.2.